The smallest absolute Gasteiger partial charge is 0.280 e. The molecule has 0 spiro atoms. The Hall–Kier alpha value is -2.18. The highest BCUT2D eigenvalue weighted by Crippen LogP contribution is 2.26. The van der Waals surface area contributed by atoms with Crippen molar-refractivity contribution in [2.24, 2.45) is 5.73 Å². The zero-order valence-electron chi connectivity index (χ0n) is 14.1. The molecular formula is C19H22N3O2S+. The van der Waals surface area contributed by atoms with Crippen LogP contribution in [0.3, 0.4) is 0 Å². The second kappa shape index (κ2) is 6.28. The van der Waals surface area contributed by atoms with Crippen LogP contribution in [0.5, 0.6) is 0 Å². The highest BCUT2D eigenvalue weighted by Gasteiger charge is 2.28. The van der Waals surface area contributed by atoms with Crippen LogP contribution in [0.4, 0.5) is 5.69 Å². The van der Waals surface area contributed by atoms with Crippen molar-refractivity contribution in [1.29, 1.82) is 0 Å². The van der Waals surface area contributed by atoms with E-state index in [9.17, 15) is 8.42 Å². The minimum Gasteiger partial charge on any atom is -0.286 e. The van der Waals surface area contributed by atoms with Crippen LogP contribution in [-0.2, 0) is 16.6 Å². The van der Waals surface area contributed by atoms with Gasteiger partial charge in [-0.25, -0.2) is 13.0 Å². The molecule has 0 atom stereocenters. The quantitative estimate of drug-likeness (QED) is 0.859. The number of sulfonamides is 1. The summed E-state index contributed by atoms with van der Waals surface area (Å²) < 4.78 is 29.1. The summed E-state index contributed by atoms with van der Waals surface area (Å²) in [5.41, 5.74) is 9.42. The van der Waals surface area contributed by atoms with Gasteiger partial charge in [0.1, 0.15) is 12.2 Å². The molecule has 1 fully saturated rings. The van der Waals surface area contributed by atoms with Gasteiger partial charge in [-0.05, 0) is 43.2 Å². The third-order valence-electron chi connectivity index (χ3n) is 5.01. The third kappa shape index (κ3) is 2.85. The fourth-order valence-electron chi connectivity index (χ4n) is 3.59. The molecule has 0 aromatic heterocycles. The van der Waals surface area contributed by atoms with Crippen LogP contribution >= 0.6 is 0 Å². The minimum absolute atomic E-state index is 0.355. The second-order valence-corrected chi connectivity index (χ2v) is 8.53. The van der Waals surface area contributed by atoms with Gasteiger partial charge in [-0.3, -0.25) is 5.73 Å². The van der Waals surface area contributed by atoms with E-state index in [-0.39, 0.29) is 0 Å². The Bertz CT molecular complexity index is 927. The first kappa shape index (κ1) is 16.3. The summed E-state index contributed by atoms with van der Waals surface area (Å²) in [7, 11) is -3.39. The van der Waals surface area contributed by atoms with Gasteiger partial charge in [0.25, 0.3) is 5.84 Å². The molecule has 0 aliphatic carbocycles. The van der Waals surface area contributed by atoms with Crippen molar-refractivity contribution in [3.8, 4) is 0 Å². The molecule has 130 valence electrons. The molecule has 2 aromatic carbocycles. The SMILES string of the molecule is NC1=[N+](c2ccc(S(=O)(=O)N3CCCCC3)cc2)Cc2ccccc21. The first-order chi connectivity index (χ1) is 12.1. The summed E-state index contributed by atoms with van der Waals surface area (Å²) in [5, 5.41) is 0. The van der Waals surface area contributed by atoms with Crippen LogP contribution in [0.25, 0.3) is 0 Å². The Morgan fingerprint density at radius 2 is 1.60 bits per heavy atom. The van der Waals surface area contributed by atoms with Crippen molar-refractivity contribution in [3.63, 3.8) is 0 Å². The van der Waals surface area contributed by atoms with E-state index in [1.807, 2.05) is 34.9 Å². The number of fused-ring (bicyclic) bond motifs is 1. The highest BCUT2D eigenvalue weighted by molar-refractivity contribution is 7.89. The number of hydrogen-bond donors (Lipinski definition) is 1. The van der Waals surface area contributed by atoms with E-state index >= 15 is 0 Å². The summed E-state index contributed by atoms with van der Waals surface area (Å²) >= 11 is 0. The summed E-state index contributed by atoms with van der Waals surface area (Å²) in [6.45, 7) is 1.94. The van der Waals surface area contributed by atoms with Gasteiger partial charge in [-0.1, -0.05) is 24.6 Å². The summed E-state index contributed by atoms with van der Waals surface area (Å²) in [5.74, 6) is 0.710. The van der Waals surface area contributed by atoms with Crippen LogP contribution in [0.2, 0.25) is 0 Å². The number of benzene rings is 2. The van der Waals surface area contributed by atoms with Gasteiger partial charge >= 0.3 is 0 Å². The molecule has 0 radical (unpaired) electrons. The van der Waals surface area contributed by atoms with E-state index in [2.05, 4.69) is 6.07 Å². The lowest BCUT2D eigenvalue weighted by Gasteiger charge is -2.25. The first-order valence-corrected chi connectivity index (χ1v) is 10.1. The lowest BCUT2D eigenvalue weighted by molar-refractivity contribution is -0.453. The molecule has 0 saturated carbocycles. The molecule has 0 unspecified atom stereocenters. The predicted octanol–water partition coefficient (Wildman–Crippen LogP) is 2.42. The number of nitrogens with zero attached hydrogens (tertiary/aromatic N) is 2. The number of hydrogen-bond acceptors (Lipinski definition) is 3. The van der Waals surface area contributed by atoms with Gasteiger partial charge in [-0.2, -0.15) is 4.31 Å². The Balaban J connectivity index is 1.62. The van der Waals surface area contributed by atoms with Gasteiger partial charge in [0.15, 0.2) is 0 Å². The Labute approximate surface area is 148 Å². The highest BCUT2D eigenvalue weighted by atomic mass is 32.2. The van der Waals surface area contributed by atoms with E-state index < -0.39 is 10.0 Å². The third-order valence-corrected chi connectivity index (χ3v) is 6.93. The monoisotopic (exact) mass is 356 g/mol. The number of rotatable bonds is 3. The van der Waals surface area contributed by atoms with Crippen molar-refractivity contribution in [2.45, 2.75) is 30.7 Å². The maximum Gasteiger partial charge on any atom is 0.280 e. The molecular weight excluding hydrogens is 334 g/mol. The molecule has 2 aliphatic rings. The fraction of sp³-hybridized carbons (Fsp3) is 0.316. The van der Waals surface area contributed by atoms with Crippen LogP contribution in [0.15, 0.2) is 53.4 Å². The van der Waals surface area contributed by atoms with Gasteiger partial charge in [0.05, 0.1) is 10.5 Å². The Morgan fingerprint density at radius 3 is 2.28 bits per heavy atom. The molecule has 2 N–H and O–H groups in total. The van der Waals surface area contributed by atoms with Crippen LogP contribution in [0, 0.1) is 0 Å². The molecule has 2 aromatic rings. The molecule has 0 amide bonds. The molecule has 5 nitrogen and oxygen atoms in total. The average molecular weight is 356 g/mol. The first-order valence-electron chi connectivity index (χ1n) is 8.66. The summed E-state index contributed by atoms with van der Waals surface area (Å²) in [4.78, 5) is 0.355. The molecule has 2 heterocycles. The largest absolute Gasteiger partial charge is 0.286 e. The maximum absolute atomic E-state index is 12.7. The lowest BCUT2D eigenvalue weighted by Crippen LogP contribution is -2.35. The fourth-order valence-corrected chi connectivity index (χ4v) is 5.11. The maximum atomic E-state index is 12.7. The zero-order chi connectivity index (χ0) is 17.4. The van der Waals surface area contributed by atoms with Gasteiger partial charge in [-0.15, -0.1) is 0 Å². The van der Waals surface area contributed by atoms with Crippen LogP contribution in [0.1, 0.15) is 30.4 Å². The van der Waals surface area contributed by atoms with E-state index in [0.29, 0.717) is 30.4 Å². The van der Waals surface area contributed by atoms with Crippen LogP contribution < -0.4 is 5.73 Å². The second-order valence-electron chi connectivity index (χ2n) is 6.59. The van der Waals surface area contributed by atoms with Crippen molar-refractivity contribution in [2.75, 3.05) is 13.1 Å². The van der Waals surface area contributed by atoms with Crippen molar-refractivity contribution < 1.29 is 13.0 Å². The number of amidine groups is 1. The summed E-state index contributed by atoms with van der Waals surface area (Å²) in [6.07, 6.45) is 2.99. The van der Waals surface area contributed by atoms with E-state index in [1.54, 1.807) is 16.4 Å². The number of nitrogens with two attached hydrogens (primary N) is 1. The van der Waals surface area contributed by atoms with Crippen LogP contribution in [-0.4, -0.2) is 36.2 Å². The molecule has 1 saturated heterocycles. The molecule has 2 aliphatic heterocycles. The molecule has 25 heavy (non-hydrogen) atoms. The summed E-state index contributed by atoms with van der Waals surface area (Å²) in [6, 6.07) is 15.1. The molecule has 0 bridgehead atoms. The minimum atomic E-state index is -3.39. The van der Waals surface area contributed by atoms with E-state index in [0.717, 1.165) is 30.5 Å². The Kier molecular flexibility index (Phi) is 4.09. The topological polar surface area (TPSA) is 66.4 Å². The lowest BCUT2D eigenvalue weighted by atomic mass is 10.1. The van der Waals surface area contributed by atoms with Crippen molar-refractivity contribution in [3.05, 3.63) is 59.7 Å². The average Bonchev–Trinajstić information content (AvgIpc) is 3.00. The van der Waals surface area contributed by atoms with E-state index in [4.69, 9.17) is 5.73 Å². The van der Waals surface area contributed by atoms with E-state index in [1.165, 1.54) is 5.56 Å². The zero-order valence-corrected chi connectivity index (χ0v) is 14.9. The Morgan fingerprint density at radius 1 is 0.920 bits per heavy atom. The predicted molar refractivity (Wildman–Crippen MR) is 97.4 cm³/mol. The molecule has 6 heteroatoms. The van der Waals surface area contributed by atoms with Gasteiger partial charge < -0.3 is 0 Å². The van der Waals surface area contributed by atoms with Crippen molar-refractivity contribution in [1.82, 2.24) is 4.31 Å². The molecule has 4 rings (SSSR count). The normalized spacial score (nSPS) is 18.4. The standard InChI is InChI=1S/C19H21N3O2S/c20-19-18-7-3-2-6-15(18)14-22(19)16-8-10-17(11-9-16)25(23,24)21-12-4-1-5-13-21/h2-3,6-11,20H,1,4-5,12-14H2/p+1. The van der Waals surface area contributed by atoms with Gasteiger partial charge in [0.2, 0.25) is 10.0 Å². The number of piperidine rings is 1. The van der Waals surface area contributed by atoms with Crippen molar-refractivity contribution >= 4 is 21.5 Å². The van der Waals surface area contributed by atoms with Gasteiger partial charge in [0, 0.05) is 18.7 Å².